The Balaban J connectivity index is 1.12. The number of carbonyl (C=O) groups excluding carboxylic acids is 1. The fraction of sp³-hybridized carbons (Fsp3) is 0.458. The Bertz CT molecular complexity index is 1320. The standard InChI is InChI=1S/C24H26N4O4S2/c29-24(28-13-10-16-4-1-2-7-20(16)28)18-8-11-27(12-9-18)34(30,31)21-14-19(15-33-21)22-25-23(32-26-22)17-5-3-6-17/h1-2,4,7,14-15,17-18H,3,5-6,8-13H2. The number of carbonyl (C=O) groups is 1. The molecular formula is C24H26N4O4S2. The van der Waals surface area contributed by atoms with Crippen molar-refractivity contribution in [3.63, 3.8) is 0 Å². The molecule has 4 heterocycles. The first-order chi connectivity index (χ1) is 16.5. The van der Waals surface area contributed by atoms with E-state index in [4.69, 9.17) is 4.52 Å². The molecule has 6 rings (SSSR count). The molecule has 0 N–H and O–H groups in total. The maximum Gasteiger partial charge on any atom is 0.252 e. The van der Waals surface area contributed by atoms with Crippen molar-refractivity contribution < 1.29 is 17.7 Å². The number of benzene rings is 1. The van der Waals surface area contributed by atoms with Gasteiger partial charge in [-0.2, -0.15) is 9.29 Å². The predicted octanol–water partition coefficient (Wildman–Crippen LogP) is 4.06. The summed E-state index contributed by atoms with van der Waals surface area (Å²) in [4.78, 5) is 19.5. The summed E-state index contributed by atoms with van der Waals surface area (Å²) in [7, 11) is -3.63. The minimum absolute atomic E-state index is 0.111. The second kappa shape index (κ2) is 8.58. The zero-order chi connectivity index (χ0) is 23.3. The number of anilines is 1. The van der Waals surface area contributed by atoms with Crippen LogP contribution in [0, 0.1) is 5.92 Å². The molecule has 1 aromatic carbocycles. The monoisotopic (exact) mass is 498 g/mol. The SMILES string of the molecule is O=C(C1CCN(S(=O)(=O)c2cc(-c3noc(C4CCC4)n3)cs2)CC1)N1CCc2ccccc21. The van der Waals surface area contributed by atoms with Crippen molar-refractivity contribution in [2.75, 3.05) is 24.5 Å². The van der Waals surface area contributed by atoms with E-state index in [1.807, 2.05) is 23.1 Å². The van der Waals surface area contributed by atoms with Gasteiger partial charge >= 0.3 is 0 Å². The van der Waals surface area contributed by atoms with E-state index >= 15 is 0 Å². The smallest absolute Gasteiger partial charge is 0.252 e. The summed E-state index contributed by atoms with van der Waals surface area (Å²) in [6.07, 6.45) is 5.24. The number of nitrogens with zero attached hydrogens (tertiary/aromatic N) is 4. The number of hydrogen-bond acceptors (Lipinski definition) is 7. The van der Waals surface area contributed by atoms with Crippen LogP contribution in [-0.4, -0.2) is 48.4 Å². The van der Waals surface area contributed by atoms with Crippen molar-refractivity contribution in [1.29, 1.82) is 0 Å². The van der Waals surface area contributed by atoms with Crippen LogP contribution in [0.3, 0.4) is 0 Å². The summed E-state index contributed by atoms with van der Waals surface area (Å²) in [6, 6.07) is 9.65. The third-order valence-corrected chi connectivity index (χ3v) is 10.6. The minimum Gasteiger partial charge on any atom is -0.339 e. The van der Waals surface area contributed by atoms with Crippen molar-refractivity contribution >= 4 is 33.0 Å². The highest BCUT2D eigenvalue weighted by molar-refractivity contribution is 7.91. The molecule has 34 heavy (non-hydrogen) atoms. The Morgan fingerprint density at radius 2 is 1.88 bits per heavy atom. The van der Waals surface area contributed by atoms with Crippen molar-refractivity contribution in [2.24, 2.45) is 5.92 Å². The van der Waals surface area contributed by atoms with E-state index in [0.29, 0.717) is 55.7 Å². The van der Waals surface area contributed by atoms with Gasteiger partial charge in [-0.05, 0) is 49.8 Å². The van der Waals surface area contributed by atoms with E-state index in [9.17, 15) is 13.2 Å². The first-order valence-electron chi connectivity index (χ1n) is 11.8. The van der Waals surface area contributed by atoms with Gasteiger partial charge in [0.25, 0.3) is 10.0 Å². The fourth-order valence-electron chi connectivity index (χ4n) is 5.00. The van der Waals surface area contributed by atoms with E-state index in [2.05, 4.69) is 16.2 Å². The molecule has 8 nitrogen and oxygen atoms in total. The van der Waals surface area contributed by atoms with Crippen LogP contribution in [0.2, 0.25) is 0 Å². The third-order valence-electron chi connectivity index (χ3n) is 7.28. The Morgan fingerprint density at radius 3 is 2.65 bits per heavy atom. The van der Waals surface area contributed by atoms with Gasteiger partial charge in [-0.3, -0.25) is 4.79 Å². The van der Waals surface area contributed by atoms with Crippen molar-refractivity contribution in [1.82, 2.24) is 14.4 Å². The van der Waals surface area contributed by atoms with Crippen molar-refractivity contribution in [3.8, 4) is 11.4 Å². The fourth-order valence-corrected chi connectivity index (χ4v) is 7.78. The van der Waals surface area contributed by atoms with Crippen LogP contribution < -0.4 is 4.90 Å². The van der Waals surface area contributed by atoms with Crippen LogP contribution in [-0.2, 0) is 21.2 Å². The first kappa shape index (κ1) is 21.9. The van der Waals surface area contributed by atoms with Gasteiger partial charge < -0.3 is 9.42 Å². The van der Waals surface area contributed by atoms with Gasteiger partial charge in [0.2, 0.25) is 17.6 Å². The van der Waals surface area contributed by atoms with E-state index in [-0.39, 0.29) is 16.0 Å². The molecular weight excluding hydrogens is 472 g/mol. The van der Waals surface area contributed by atoms with E-state index < -0.39 is 10.0 Å². The second-order valence-electron chi connectivity index (χ2n) is 9.29. The largest absolute Gasteiger partial charge is 0.339 e. The maximum absolute atomic E-state index is 13.3. The lowest BCUT2D eigenvalue weighted by Gasteiger charge is -2.32. The number of para-hydroxylation sites is 1. The minimum atomic E-state index is -3.63. The average Bonchev–Trinajstić information content (AvgIpc) is 3.57. The first-order valence-corrected chi connectivity index (χ1v) is 14.1. The molecule has 3 aromatic rings. The third kappa shape index (κ3) is 3.77. The molecule has 1 saturated carbocycles. The summed E-state index contributed by atoms with van der Waals surface area (Å²) < 4.78 is 33.7. The lowest BCUT2D eigenvalue weighted by Crippen LogP contribution is -2.44. The molecule has 2 aromatic heterocycles. The van der Waals surface area contributed by atoms with Gasteiger partial charge in [0.15, 0.2) is 0 Å². The molecule has 0 atom stereocenters. The number of amides is 1. The molecule has 10 heteroatoms. The molecule has 1 aliphatic carbocycles. The molecule has 1 saturated heterocycles. The van der Waals surface area contributed by atoms with Crippen LogP contribution in [0.1, 0.15) is 49.5 Å². The second-order valence-corrected chi connectivity index (χ2v) is 12.4. The van der Waals surface area contributed by atoms with Gasteiger partial charge in [0.05, 0.1) is 0 Å². The molecule has 0 bridgehead atoms. The van der Waals surface area contributed by atoms with Crippen LogP contribution in [0.25, 0.3) is 11.4 Å². The van der Waals surface area contributed by atoms with Crippen LogP contribution >= 0.6 is 11.3 Å². The summed E-state index contributed by atoms with van der Waals surface area (Å²) in [5, 5.41) is 5.82. The van der Waals surface area contributed by atoms with Crippen LogP contribution in [0.15, 0.2) is 44.4 Å². The van der Waals surface area contributed by atoms with Gasteiger partial charge in [0.1, 0.15) is 4.21 Å². The Hall–Kier alpha value is -2.56. The number of sulfonamides is 1. The van der Waals surface area contributed by atoms with Gasteiger partial charge in [-0.15, -0.1) is 11.3 Å². The topological polar surface area (TPSA) is 96.6 Å². The van der Waals surface area contributed by atoms with Gasteiger partial charge in [-0.1, -0.05) is 29.8 Å². The molecule has 2 fully saturated rings. The number of hydrogen-bond donors (Lipinski definition) is 0. The highest BCUT2D eigenvalue weighted by Gasteiger charge is 2.36. The van der Waals surface area contributed by atoms with Gasteiger partial charge in [-0.25, -0.2) is 8.42 Å². The number of piperidine rings is 1. The highest BCUT2D eigenvalue weighted by Crippen LogP contribution is 2.37. The molecule has 3 aliphatic rings. The summed E-state index contributed by atoms with van der Waals surface area (Å²) >= 11 is 1.18. The Morgan fingerprint density at radius 1 is 1.09 bits per heavy atom. The predicted molar refractivity (Wildman–Crippen MR) is 128 cm³/mol. The lowest BCUT2D eigenvalue weighted by atomic mass is 9.85. The Kier molecular flexibility index (Phi) is 5.54. The zero-order valence-corrected chi connectivity index (χ0v) is 20.4. The summed E-state index contributed by atoms with van der Waals surface area (Å²) in [5.41, 5.74) is 2.86. The van der Waals surface area contributed by atoms with Gasteiger partial charge in [0, 0.05) is 48.1 Å². The molecule has 0 unspecified atom stereocenters. The summed E-state index contributed by atoms with van der Waals surface area (Å²) in [5.74, 6) is 1.38. The Labute approximate surface area is 202 Å². The number of rotatable bonds is 5. The highest BCUT2D eigenvalue weighted by atomic mass is 32.2. The molecule has 0 radical (unpaired) electrons. The van der Waals surface area contributed by atoms with Crippen LogP contribution in [0.4, 0.5) is 5.69 Å². The normalized spacial score (nSPS) is 19.8. The van der Waals surface area contributed by atoms with E-state index in [1.165, 1.54) is 27.6 Å². The van der Waals surface area contributed by atoms with Crippen molar-refractivity contribution in [3.05, 3.63) is 47.2 Å². The molecule has 178 valence electrons. The quantitative estimate of drug-likeness (QED) is 0.526. The lowest BCUT2D eigenvalue weighted by molar-refractivity contribution is -0.123. The van der Waals surface area contributed by atoms with Crippen LogP contribution in [0.5, 0.6) is 0 Å². The number of fused-ring (bicyclic) bond motifs is 1. The number of thiophene rings is 1. The van der Waals surface area contributed by atoms with E-state index in [0.717, 1.165) is 24.9 Å². The van der Waals surface area contributed by atoms with E-state index in [1.54, 1.807) is 11.4 Å². The zero-order valence-electron chi connectivity index (χ0n) is 18.7. The molecule has 1 amide bonds. The van der Waals surface area contributed by atoms with Crippen molar-refractivity contribution in [2.45, 2.75) is 48.7 Å². The molecule has 2 aliphatic heterocycles. The maximum atomic E-state index is 13.3. The summed E-state index contributed by atoms with van der Waals surface area (Å²) in [6.45, 7) is 1.39. The molecule has 0 spiro atoms. The number of aromatic nitrogens is 2. The average molecular weight is 499 g/mol.